The number of furan rings is 2. The van der Waals surface area contributed by atoms with Gasteiger partial charge in [-0.2, -0.15) is 0 Å². The van der Waals surface area contributed by atoms with Crippen LogP contribution < -0.4 is 113 Å². The fourth-order valence-electron chi connectivity index (χ4n) is 9.32. The molecule has 0 atom stereocenters. The van der Waals surface area contributed by atoms with E-state index in [4.69, 9.17) is 30.1 Å². The van der Waals surface area contributed by atoms with Crippen molar-refractivity contribution in [3.05, 3.63) is 154 Å². The Kier molecular flexibility index (Phi) is 24.3. The second-order valence-corrected chi connectivity index (χ2v) is 17.8. The van der Waals surface area contributed by atoms with E-state index < -0.39 is 42.2 Å². The third-order valence-electron chi connectivity index (χ3n) is 12.9. The van der Waals surface area contributed by atoms with Gasteiger partial charge in [-0.05, 0) is 134 Å². The fraction of sp³-hybridized carbons (Fsp3) is 0.197. The van der Waals surface area contributed by atoms with Gasteiger partial charge in [-0.1, -0.05) is 56.0 Å². The van der Waals surface area contributed by atoms with Gasteiger partial charge in [0.25, 0.3) is 6.47 Å². The molecule has 17 nitrogen and oxygen atoms in total. The Labute approximate surface area is 551 Å². The molecule has 1 fully saturated rings. The first-order chi connectivity index (χ1) is 37.8. The number of carbonyl (C=O) groups is 9. The summed E-state index contributed by atoms with van der Waals surface area (Å²) >= 11 is 0. The molecule has 11 rings (SSSR count). The van der Waals surface area contributed by atoms with Gasteiger partial charge in [0.1, 0.15) is 34.5 Å². The topological polar surface area (TPSA) is 271 Å². The maximum Gasteiger partial charge on any atom is 1.00 e. The first kappa shape index (κ1) is 65.4. The number of carboxylic acid groups (broad SMARTS) is 1. The minimum absolute atomic E-state index is 0. The summed E-state index contributed by atoms with van der Waals surface area (Å²) in [6, 6.07) is 32.2. The van der Waals surface area contributed by atoms with Gasteiger partial charge in [0, 0.05) is 70.2 Å². The molecule has 8 aromatic rings. The molecule has 3 aliphatic rings. The van der Waals surface area contributed by atoms with Crippen LogP contribution in [-0.4, -0.2) is 70.8 Å². The van der Waals surface area contributed by atoms with Crippen LogP contribution in [0.1, 0.15) is 112 Å². The number of carbonyl (C=O) groups excluding carboxylic acids is 8. The van der Waals surface area contributed by atoms with E-state index in [1.807, 2.05) is 74.5 Å². The SMILES string of the molecule is C.Cc1c(-c2ccc(O)cc2)oc2c1C(=O)C(=O)c1c-2ccc2c(C)cccc12.Cc1c(-c2ccc(OC(=O)CCCC(=O)O)cc2)oc2c1C(=O)C(=O)c1c-2ccc2c(C)cccc12.O=C1CCCC(=O)O1.O=CO[O-].[2H]CF.[H-].[K+].[K+]. The summed E-state index contributed by atoms with van der Waals surface area (Å²) < 4.78 is 37.3. The smallest absolute Gasteiger partial charge is 1.00 e. The van der Waals surface area contributed by atoms with Crippen LogP contribution in [0, 0.1) is 27.7 Å². The van der Waals surface area contributed by atoms with Gasteiger partial charge in [0.05, 0.1) is 19.7 Å². The largest absolute Gasteiger partial charge is 1.00 e. The van der Waals surface area contributed by atoms with E-state index >= 15 is 0 Å². The number of phenols is 1. The quantitative estimate of drug-likeness (QED) is 0.0281. The first-order valence-electron chi connectivity index (χ1n) is 24.7. The number of hydrogen-bond acceptors (Lipinski definition) is 16. The Morgan fingerprint density at radius 2 is 1.04 bits per heavy atom. The van der Waals surface area contributed by atoms with Gasteiger partial charge in [-0.3, -0.25) is 47.5 Å². The maximum atomic E-state index is 13.2. The number of cyclic esters (lactones) is 2. The van der Waals surface area contributed by atoms with Gasteiger partial charge < -0.3 is 40.1 Å². The number of fused-ring (bicyclic) bond motifs is 10. The molecule has 1 aliphatic heterocycles. The molecule has 2 N–H and O–H groups in total. The van der Waals surface area contributed by atoms with Gasteiger partial charge in [-0.25, -0.2) is 0 Å². The number of rotatable bonds is 8. The number of Topliss-reactive ketones (excluding diaryl/α,β-unsaturated/α-hetero) is 4. The number of ketones is 4. The summed E-state index contributed by atoms with van der Waals surface area (Å²) in [7, 11) is -1.00. The van der Waals surface area contributed by atoms with E-state index in [1.54, 1.807) is 62.4 Å². The zero-order valence-corrected chi connectivity index (χ0v) is 50.6. The number of alkyl halides is 1. The van der Waals surface area contributed by atoms with Crippen molar-refractivity contribution in [2.24, 2.45) is 0 Å². The predicted octanol–water partition coefficient (Wildman–Crippen LogP) is 5.41. The molecule has 6 aromatic carbocycles. The van der Waals surface area contributed by atoms with Crippen LogP contribution in [0.5, 0.6) is 11.5 Å². The van der Waals surface area contributed by atoms with Crippen molar-refractivity contribution in [1.82, 2.24) is 0 Å². The number of aliphatic carboxylic acids is 1. The normalized spacial score (nSPS) is 12.5. The van der Waals surface area contributed by atoms with Gasteiger partial charge in [0.15, 0.2) is 0 Å². The third kappa shape index (κ3) is 14.6. The molecule has 408 valence electrons. The molecule has 2 aliphatic carbocycles. The number of ether oxygens (including phenoxy) is 2. The molecule has 20 heteroatoms. The molecule has 0 radical (unpaired) electrons. The summed E-state index contributed by atoms with van der Waals surface area (Å²) in [5.41, 5.74) is 7.26. The molecule has 0 saturated carbocycles. The standard InChI is InChI=1S/C29H22O7.C24H16O4.C5H6O3.CH3F.CH2O3.CH4.2K.H/c1-15-5-3-6-20-19(15)13-14-21-25(20)27(34)26(33)24-16(2)28(36-29(21)24)17-9-11-18(12-10-17)35-23(32)8-4-7-22(30)31;1-12-4-3-5-17-16(12)10-11-18-20(17)22(27)21(26)19-13(2)23(28-24(18)19)14-6-8-15(25)9-7-14;6-4-2-1-3-5(7)8-4;1-2;2-1-4-3;;;;/h3,5-6,9-14H,4,7-8H2,1-2H3,(H,30,31);3-11,25H,1-2H3;1-3H2;1H3;1,3H;1H4;;;/q;;;;;;2*+1;-1/p-1/i;;;1D;;;;;. The summed E-state index contributed by atoms with van der Waals surface area (Å²) in [5.74, 6) is -2.18. The number of esters is 3. The van der Waals surface area contributed by atoms with Crippen molar-refractivity contribution >= 4 is 75.0 Å². The second-order valence-electron chi connectivity index (χ2n) is 17.8. The van der Waals surface area contributed by atoms with Crippen molar-refractivity contribution in [2.75, 3.05) is 7.15 Å². The average molecular weight is 1160 g/mol. The number of hydrogen-bond donors (Lipinski definition) is 2. The molecular weight excluding hydrogens is 1100 g/mol. The number of carboxylic acids is 1. The molecule has 1 saturated heterocycles. The van der Waals surface area contributed by atoms with Crippen LogP contribution in [0.15, 0.2) is 118 Å². The zero-order valence-electron chi connectivity index (χ0n) is 46.3. The maximum absolute atomic E-state index is 13.2. The molecule has 3 heterocycles. The first-order valence-corrected chi connectivity index (χ1v) is 24.0. The zero-order chi connectivity index (χ0) is 57.2. The van der Waals surface area contributed by atoms with Crippen LogP contribution in [0.2, 0.25) is 0 Å². The van der Waals surface area contributed by atoms with Crippen LogP contribution >= 0.6 is 0 Å². The van der Waals surface area contributed by atoms with Crippen LogP contribution in [0.25, 0.3) is 66.8 Å². The van der Waals surface area contributed by atoms with Crippen molar-refractivity contribution in [2.45, 2.75) is 73.6 Å². The molecule has 0 unspecified atom stereocenters. The summed E-state index contributed by atoms with van der Waals surface area (Å²) in [6.07, 6.45) is 1.54. The fourth-order valence-corrected chi connectivity index (χ4v) is 9.32. The van der Waals surface area contributed by atoms with E-state index in [1.165, 1.54) is 0 Å². The van der Waals surface area contributed by atoms with Gasteiger partial charge >= 0.3 is 127 Å². The van der Waals surface area contributed by atoms with E-state index in [0.29, 0.717) is 92.6 Å². The number of aromatic hydroxyl groups is 1. The number of halogens is 1. The molecular formula is C61H53FK2O17. The Morgan fingerprint density at radius 1 is 0.630 bits per heavy atom. The Balaban J connectivity index is 0.000000341. The minimum Gasteiger partial charge on any atom is -1.00 e. The summed E-state index contributed by atoms with van der Waals surface area (Å²) in [5, 5.41) is 30.0. The Hall–Kier alpha value is -6.41. The van der Waals surface area contributed by atoms with Crippen LogP contribution in [-0.2, 0) is 33.6 Å². The number of phenolic OH excluding ortho intramolecular Hbond substituents is 1. The van der Waals surface area contributed by atoms with Crippen LogP contribution in [0.3, 0.4) is 0 Å². The molecule has 2 aromatic heterocycles. The number of benzene rings is 6. The monoisotopic (exact) mass is 1160 g/mol. The Bertz CT molecular complexity index is 3740. The van der Waals surface area contributed by atoms with E-state index in [2.05, 4.69) is 9.62 Å². The van der Waals surface area contributed by atoms with Crippen LogP contribution in [0.4, 0.5) is 4.39 Å². The van der Waals surface area contributed by atoms with Crippen molar-refractivity contribution in [3.63, 3.8) is 0 Å². The minimum atomic E-state index is -1.00. The summed E-state index contributed by atoms with van der Waals surface area (Å²) in [6.45, 7) is 7.29. The van der Waals surface area contributed by atoms with E-state index in [9.17, 15) is 47.9 Å². The van der Waals surface area contributed by atoms with E-state index in [0.717, 1.165) is 38.2 Å². The number of aryl methyl sites for hydroxylation is 2. The van der Waals surface area contributed by atoms with Crippen molar-refractivity contribution in [3.8, 4) is 56.8 Å². The van der Waals surface area contributed by atoms with Gasteiger partial charge in [0.2, 0.25) is 23.1 Å². The summed E-state index contributed by atoms with van der Waals surface area (Å²) in [4.78, 5) is 107. The third-order valence-corrected chi connectivity index (χ3v) is 12.9. The van der Waals surface area contributed by atoms with Crippen molar-refractivity contribution in [1.29, 1.82) is 0 Å². The molecule has 0 bridgehead atoms. The molecule has 0 amide bonds. The molecule has 81 heavy (non-hydrogen) atoms. The molecule has 0 spiro atoms. The predicted molar refractivity (Wildman–Crippen MR) is 286 cm³/mol. The van der Waals surface area contributed by atoms with E-state index in [-0.39, 0.29) is 161 Å². The average Bonchev–Trinajstić information content (AvgIpc) is 2.56. The van der Waals surface area contributed by atoms with Gasteiger partial charge in [-0.15, -0.1) is 0 Å². The Morgan fingerprint density at radius 3 is 1.42 bits per heavy atom. The second kappa shape index (κ2) is 30.1. The van der Waals surface area contributed by atoms with Crippen molar-refractivity contribution < 1.29 is 192 Å².